The number of carbonyl (C=O) groups is 2. The highest BCUT2D eigenvalue weighted by molar-refractivity contribution is 5.91. The minimum atomic E-state index is -1.92. The summed E-state index contributed by atoms with van der Waals surface area (Å²) in [4.78, 5) is 26.7. The highest BCUT2D eigenvalue weighted by Gasteiger charge is 2.50. The first-order chi connectivity index (χ1) is 25.9. The number of phenolic OH excluding ortho intramolecular Hbond substituents is 2. The number of esters is 2. The van der Waals surface area contributed by atoms with Crippen LogP contribution in [-0.2, 0) is 45.3 Å². The van der Waals surface area contributed by atoms with Crippen molar-refractivity contribution in [3.63, 3.8) is 0 Å². The van der Waals surface area contributed by atoms with E-state index < -0.39 is 108 Å². The summed E-state index contributed by atoms with van der Waals surface area (Å²) in [5.41, 5.74) is 0.136. The number of carbonyl (C=O) groups excluding carboxylic acids is 2. The molecule has 57 heavy (non-hydrogen) atoms. The van der Waals surface area contributed by atoms with Crippen LogP contribution in [0.3, 0.4) is 0 Å². The Labute approximate surface area is 334 Å². The normalized spacial score (nSPS) is 28.9. The molecule has 320 valence electrons. The summed E-state index contributed by atoms with van der Waals surface area (Å²) >= 11 is 0. The van der Waals surface area contributed by atoms with Gasteiger partial charge >= 0.3 is 11.9 Å². The van der Waals surface area contributed by atoms with Crippen LogP contribution in [-0.4, -0.2) is 127 Å². The quantitative estimate of drug-likeness (QED) is 0.179. The molecule has 2 aromatic carbocycles. The first-order valence-corrected chi connectivity index (χ1v) is 19.1. The molecule has 2 saturated heterocycles. The SMILES string of the molecule is CC(C)(C)c1cc(C(=O)OC[C@H]2O[C@H](O[C@H]3O[C@H](COC(=O)c4cc(C(C)(C)C)c(O)c(C(C)(C)C)c4)[C@@H](O)[C@H](O)[C@H]3O)[C@H](O)[C@@H](O)[C@@H]2O)cc(C(C)(C)C)c1O. The highest BCUT2D eigenvalue weighted by Crippen LogP contribution is 2.41. The highest BCUT2D eigenvalue weighted by atomic mass is 16.8. The summed E-state index contributed by atoms with van der Waals surface area (Å²) in [6.07, 6.45) is -17.7. The maximum atomic E-state index is 13.4. The standard InChI is InChI=1S/C42H62O15/c1-39(2,3)21-13-19(14-22(27(21)43)40(4,5)6)35(51)53-17-25-29(45)31(47)33(49)37(55-25)57-38-34(50)32(48)30(46)26(56-38)18-54-36(52)20-15-23(41(7,8)9)28(44)24(16-20)42(10,11)12/h13-16,25-26,29-34,37-38,43-50H,17-18H2,1-12H3/t25-,26-,29-,30-,31+,32+,33-,34-,37-,38-/m1/s1. The van der Waals surface area contributed by atoms with E-state index in [1.807, 2.05) is 83.1 Å². The summed E-state index contributed by atoms with van der Waals surface area (Å²) in [6, 6.07) is 6.06. The van der Waals surface area contributed by atoms with Crippen molar-refractivity contribution < 1.29 is 74.1 Å². The fourth-order valence-electron chi connectivity index (χ4n) is 6.74. The van der Waals surface area contributed by atoms with E-state index in [1.54, 1.807) is 0 Å². The van der Waals surface area contributed by atoms with Gasteiger partial charge in [0.1, 0.15) is 73.5 Å². The van der Waals surface area contributed by atoms with Gasteiger partial charge in [-0.05, 0) is 45.9 Å². The Morgan fingerprint density at radius 1 is 0.491 bits per heavy atom. The molecule has 10 atom stereocenters. The maximum absolute atomic E-state index is 13.4. The largest absolute Gasteiger partial charge is 0.507 e. The van der Waals surface area contributed by atoms with E-state index >= 15 is 0 Å². The third-order valence-electron chi connectivity index (χ3n) is 10.3. The van der Waals surface area contributed by atoms with Gasteiger partial charge < -0.3 is 64.5 Å². The van der Waals surface area contributed by atoms with Crippen molar-refractivity contribution in [1.82, 2.24) is 0 Å². The Bertz CT molecular complexity index is 1560. The smallest absolute Gasteiger partial charge is 0.338 e. The molecule has 0 aromatic heterocycles. The Hall–Kier alpha value is -3.38. The van der Waals surface area contributed by atoms with Crippen LogP contribution in [0.2, 0.25) is 0 Å². The topological polar surface area (TPSA) is 242 Å². The van der Waals surface area contributed by atoms with Crippen LogP contribution in [0.15, 0.2) is 24.3 Å². The number of benzene rings is 2. The third-order valence-corrected chi connectivity index (χ3v) is 10.3. The van der Waals surface area contributed by atoms with Gasteiger partial charge in [-0.2, -0.15) is 0 Å². The lowest BCUT2D eigenvalue weighted by atomic mass is 9.78. The van der Waals surface area contributed by atoms with Crippen molar-refractivity contribution in [1.29, 1.82) is 0 Å². The van der Waals surface area contributed by atoms with E-state index in [0.29, 0.717) is 22.3 Å². The molecule has 0 spiro atoms. The molecule has 0 amide bonds. The molecule has 0 aliphatic carbocycles. The first-order valence-electron chi connectivity index (χ1n) is 19.1. The number of aromatic hydroxyl groups is 2. The number of rotatable bonds is 8. The fraction of sp³-hybridized carbons (Fsp3) is 0.667. The molecule has 0 bridgehead atoms. The van der Waals surface area contributed by atoms with Crippen molar-refractivity contribution >= 4 is 11.9 Å². The zero-order valence-electron chi connectivity index (χ0n) is 34.9. The molecular weight excluding hydrogens is 744 g/mol. The van der Waals surface area contributed by atoms with E-state index in [4.69, 9.17) is 23.7 Å². The van der Waals surface area contributed by atoms with Crippen molar-refractivity contribution in [2.45, 2.75) is 166 Å². The number of hydrogen-bond donors (Lipinski definition) is 8. The number of hydrogen-bond acceptors (Lipinski definition) is 15. The van der Waals surface area contributed by atoms with Crippen LogP contribution >= 0.6 is 0 Å². The zero-order chi connectivity index (χ0) is 43.3. The maximum Gasteiger partial charge on any atom is 0.338 e. The predicted octanol–water partition coefficient (Wildman–Crippen LogP) is 2.93. The van der Waals surface area contributed by atoms with Gasteiger partial charge in [0.05, 0.1) is 11.1 Å². The Morgan fingerprint density at radius 2 is 0.754 bits per heavy atom. The number of aliphatic hydroxyl groups excluding tert-OH is 6. The zero-order valence-corrected chi connectivity index (χ0v) is 34.9. The van der Waals surface area contributed by atoms with E-state index in [1.165, 1.54) is 24.3 Å². The van der Waals surface area contributed by atoms with Crippen molar-refractivity contribution in [3.05, 3.63) is 57.6 Å². The molecule has 8 N–H and O–H groups in total. The van der Waals surface area contributed by atoms with Crippen LogP contribution in [0.4, 0.5) is 0 Å². The summed E-state index contributed by atoms with van der Waals surface area (Å²) in [7, 11) is 0. The first kappa shape index (κ1) is 46.3. The second-order valence-electron chi connectivity index (χ2n) is 19.2. The van der Waals surface area contributed by atoms with Gasteiger partial charge in [0.25, 0.3) is 0 Å². The molecule has 0 unspecified atom stereocenters. The summed E-state index contributed by atoms with van der Waals surface area (Å²) < 4.78 is 28.0. The minimum absolute atomic E-state index is 0.0570. The second kappa shape index (κ2) is 16.7. The average Bonchev–Trinajstić information content (AvgIpc) is 3.08. The summed E-state index contributed by atoms with van der Waals surface area (Å²) in [5, 5.41) is 86.5. The molecule has 4 rings (SSSR count). The van der Waals surface area contributed by atoms with E-state index in [0.717, 1.165) is 0 Å². The fourth-order valence-corrected chi connectivity index (χ4v) is 6.74. The lowest BCUT2D eigenvalue weighted by molar-refractivity contribution is -0.376. The molecule has 0 saturated carbocycles. The van der Waals surface area contributed by atoms with Gasteiger partial charge in [0.15, 0.2) is 12.6 Å². The van der Waals surface area contributed by atoms with Crippen LogP contribution in [0.25, 0.3) is 0 Å². The number of aliphatic hydroxyl groups is 6. The lowest BCUT2D eigenvalue weighted by Gasteiger charge is -2.44. The molecule has 2 aromatic rings. The van der Waals surface area contributed by atoms with E-state index in [-0.39, 0.29) is 22.6 Å². The van der Waals surface area contributed by atoms with Gasteiger partial charge in [-0.1, -0.05) is 83.1 Å². The molecule has 2 heterocycles. The van der Waals surface area contributed by atoms with Crippen LogP contribution < -0.4 is 0 Å². The Morgan fingerprint density at radius 3 is 1.00 bits per heavy atom. The Kier molecular flexibility index (Phi) is 13.6. The molecule has 2 fully saturated rings. The number of phenols is 2. The molecule has 15 heteroatoms. The van der Waals surface area contributed by atoms with Crippen molar-refractivity contribution in [2.24, 2.45) is 0 Å². The van der Waals surface area contributed by atoms with Crippen LogP contribution in [0.1, 0.15) is 126 Å². The van der Waals surface area contributed by atoms with Gasteiger partial charge in [0, 0.05) is 22.3 Å². The summed E-state index contributed by atoms with van der Waals surface area (Å²) in [6.45, 7) is 21.3. The second-order valence-corrected chi connectivity index (χ2v) is 19.2. The van der Waals surface area contributed by atoms with E-state index in [9.17, 15) is 50.4 Å². The van der Waals surface area contributed by atoms with Crippen molar-refractivity contribution in [3.8, 4) is 11.5 Å². The lowest BCUT2D eigenvalue weighted by Crippen LogP contribution is -2.64. The Balaban J connectivity index is 1.49. The molecule has 2 aliphatic heterocycles. The van der Waals surface area contributed by atoms with Gasteiger partial charge in [-0.25, -0.2) is 9.59 Å². The number of ether oxygens (including phenoxy) is 5. The minimum Gasteiger partial charge on any atom is -0.507 e. The molecule has 2 aliphatic rings. The van der Waals surface area contributed by atoms with Gasteiger partial charge in [-0.3, -0.25) is 0 Å². The average molecular weight is 807 g/mol. The van der Waals surface area contributed by atoms with Crippen LogP contribution in [0, 0.1) is 0 Å². The van der Waals surface area contributed by atoms with Gasteiger partial charge in [-0.15, -0.1) is 0 Å². The van der Waals surface area contributed by atoms with Gasteiger partial charge in [0.2, 0.25) is 0 Å². The van der Waals surface area contributed by atoms with Crippen molar-refractivity contribution in [2.75, 3.05) is 13.2 Å². The molecule has 15 nitrogen and oxygen atoms in total. The molecular formula is C42H62O15. The van der Waals surface area contributed by atoms with E-state index in [2.05, 4.69) is 0 Å². The predicted molar refractivity (Wildman–Crippen MR) is 206 cm³/mol. The third kappa shape index (κ3) is 10.3. The van der Waals surface area contributed by atoms with Crippen LogP contribution in [0.5, 0.6) is 11.5 Å². The molecule has 0 radical (unpaired) electrons. The summed E-state index contributed by atoms with van der Waals surface area (Å²) in [5.74, 6) is -1.53. The monoisotopic (exact) mass is 806 g/mol.